The first-order valence-corrected chi connectivity index (χ1v) is 10.1. The molecule has 0 fully saturated rings. The normalized spacial score (nSPS) is 12.5. The van der Waals surface area contributed by atoms with Gasteiger partial charge in [-0.05, 0) is 31.2 Å². The zero-order chi connectivity index (χ0) is 17.1. The van der Waals surface area contributed by atoms with Crippen molar-refractivity contribution in [1.82, 2.24) is 4.31 Å². The van der Waals surface area contributed by atoms with E-state index in [9.17, 15) is 16.8 Å². The molecule has 0 saturated carbocycles. The number of hydrogen-bond acceptors (Lipinski definition) is 4. The van der Waals surface area contributed by atoms with E-state index in [1.54, 1.807) is 30.3 Å². The fourth-order valence-electron chi connectivity index (χ4n) is 2.00. The quantitative estimate of drug-likeness (QED) is 0.797. The molecule has 0 aliphatic rings. The minimum absolute atomic E-state index is 0.104. The molecule has 0 aliphatic carbocycles. The van der Waals surface area contributed by atoms with Crippen molar-refractivity contribution in [2.45, 2.75) is 16.7 Å². The van der Waals surface area contributed by atoms with Crippen molar-refractivity contribution in [3.05, 3.63) is 60.2 Å². The summed E-state index contributed by atoms with van der Waals surface area (Å²) >= 11 is 0. The van der Waals surface area contributed by atoms with E-state index >= 15 is 0 Å². The van der Waals surface area contributed by atoms with E-state index in [1.165, 1.54) is 31.3 Å². The Bertz CT molecular complexity index is 858. The maximum Gasteiger partial charge on any atom is 0.242 e. The number of sulfonamides is 1. The lowest BCUT2D eigenvalue weighted by atomic mass is 10.2. The van der Waals surface area contributed by atoms with Crippen LogP contribution in [0.15, 0.2) is 64.4 Å². The molecule has 0 unspecified atom stereocenters. The van der Waals surface area contributed by atoms with Gasteiger partial charge in [0.1, 0.15) is 0 Å². The molecular weight excluding hydrogens is 334 g/mol. The van der Waals surface area contributed by atoms with E-state index in [0.717, 1.165) is 9.87 Å². The average molecular weight is 353 g/mol. The molecule has 2 aromatic carbocycles. The van der Waals surface area contributed by atoms with Crippen LogP contribution >= 0.6 is 0 Å². The molecule has 23 heavy (non-hydrogen) atoms. The van der Waals surface area contributed by atoms with Gasteiger partial charge in [-0.1, -0.05) is 35.9 Å². The fraction of sp³-hybridized carbons (Fsp3) is 0.250. The van der Waals surface area contributed by atoms with Gasteiger partial charge in [0, 0.05) is 13.6 Å². The van der Waals surface area contributed by atoms with Crippen LogP contribution < -0.4 is 0 Å². The molecule has 0 atom stereocenters. The summed E-state index contributed by atoms with van der Waals surface area (Å²) in [4.78, 5) is 0.351. The fourth-order valence-corrected chi connectivity index (χ4v) is 4.61. The lowest BCUT2D eigenvalue weighted by Crippen LogP contribution is -2.31. The highest BCUT2D eigenvalue weighted by atomic mass is 32.2. The Morgan fingerprint density at radius 1 is 0.826 bits per heavy atom. The number of sulfone groups is 1. The van der Waals surface area contributed by atoms with Crippen LogP contribution in [0.3, 0.4) is 0 Å². The molecule has 0 radical (unpaired) electrons. The highest BCUT2D eigenvalue weighted by Crippen LogP contribution is 2.16. The van der Waals surface area contributed by atoms with E-state index < -0.39 is 19.9 Å². The highest BCUT2D eigenvalue weighted by Gasteiger charge is 2.23. The van der Waals surface area contributed by atoms with Gasteiger partial charge in [-0.2, -0.15) is 4.31 Å². The Hall–Kier alpha value is -1.70. The summed E-state index contributed by atoms with van der Waals surface area (Å²) in [5, 5.41) is 0. The zero-order valence-electron chi connectivity index (χ0n) is 13.0. The van der Waals surface area contributed by atoms with Crippen molar-refractivity contribution in [3.63, 3.8) is 0 Å². The van der Waals surface area contributed by atoms with E-state index in [2.05, 4.69) is 0 Å². The molecule has 2 aromatic rings. The van der Waals surface area contributed by atoms with Crippen LogP contribution in [-0.4, -0.2) is 40.5 Å². The first-order chi connectivity index (χ1) is 10.7. The average Bonchev–Trinajstić information content (AvgIpc) is 2.54. The second kappa shape index (κ2) is 6.82. The summed E-state index contributed by atoms with van der Waals surface area (Å²) < 4.78 is 50.4. The van der Waals surface area contributed by atoms with Gasteiger partial charge < -0.3 is 0 Å². The SMILES string of the molecule is Cc1ccc(S(=O)(=O)N(C)CCS(=O)(=O)c2ccccc2)cc1. The van der Waals surface area contributed by atoms with Gasteiger partial charge in [-0.3, -0.25) is 0 Å². The van der Waals surface area contributed by atoms with Crippen LogP contribution in [0.2, 0.25) is 0 Å². The maximum atomic E-state index is 12.4. The predicted molar refractivity (Wildman–Crippen MR) is 89.5 cm³/mol. The van der Waals surface area contributed by atoms with Gasteiger partial charge in [0.05, 0.1) is 15.5 Å². The van der Waals surface area contributed by atoms with Crippen molar-refractivity contribution < 1.29 is 16.8 Å². The number of nitrogens with zero attached hydrogens (tertiary/aromatic N) is 1. The van der Waals surface area contributed by atoms with Crippen LogP contribution in [0.4, 0.5) is 0 Å². The lowest BCUT2D eigenvalue weighted by molar-refractivity contribution is 0.484. The Balaban J connectivity index is 2.13. The third kappa shape index (κ3) is 4.19. The molecule has 2 rings (SSSR count). The minimum Gasteiger partial charge on any atom is -0.224 e. The second-order valence-corrected chi connectivity index (χ2v) is 9.43. The highest BCUT2D eigenvalue weighted by molar-refractivity contribution is 7.91. The van der Waals surface area contributed by atoms with Gasteiger partial charge in [0.25, 0.3) is 0 Å². The number of benzene rings is 2. The van der Waals surface area contributed by atoms with Crippen LogP contribution in [0.5, 0.6) is 0 Å². The molecule has 124 valence electrons. The van der Waals surface area contributed by atoms with Crippen LogP contribution in [0.1, 0.15) is 5.56 Å². The standard InChI is InChI=1S/C16H19NO4S2/c1-14-8-10-16(11-9-14)23(20,21)17(2)12-13-22(18,19)15-6-4-3-5-7-15/h3-11H,12-13H2,1-2H3. The Morgan fingerprint density at radius 3 is 1.96 bits per heavy atom. The van der Waals surface area contributed by atoms with Gasteiger partial charge in [0.2, 0.25) is 10.0 Å². The Morgan fingerprint density at radius 2 is 1.39 bits per heavy atom. The van der Waals surface area contributed by atoms with Gasteiger partial charge in [-0.25, -0.2) is 16.8 Å². The van der Waals surface area contributed by atoms with Crippen LogP contribution in [0, 0.1) is 6.92 Å². The third-order valence-corrected chi connectivity index (χ3v) is 7.09. The summed E-state index contributed by atoms with van der Waals surface area (Å²) in [5.74, 6) is -0.265. The van der Waals surface area contributed by atoms with Gasteiger partial charge >= 0.3 is 0 Å². The number of rotatable bonds is 6. The number of hydrogen-bond donors (Lipinski definition) is 0. The molecule has 0 saturated heterocycles. The molecule has 0 aromatic heterocycles. The van der Waals surface area contributed by atoms with E-state index in [4.69, 9.17) is 0 Å². The largest absolute Gasteiger partial charge is 0.242 e. The summed E-state index contributed by atoms with van der Waals surface area (Å²) in [7, 11) is -5.82. The van der Waals surface area contributed by atoms with Crippen LogP contribution in [0.25, 0.3) is 0 Å². The topological polar surface area (TPSA) is 71.5 Å². The van der Waals surface area contributed by atoms with Crippen molar-refractivity contribution in [2.75, 3.05) is 19.3 Å². The molecular formula is C16H19NO4S2. The van der Waals surface area contributed by atoms with Crippen LogP contribution in [-0.2, 0) is 19.9 Å². The molecule has 7 heteroatoms. The Kier molecular flexibility index (Phi) is 5.23. The zero-order valence-corrected chi connectivity index (χ0v) is 14.6. The van der Waals surface area contributed by atoms with Gasteiger partial charge in [-0.15, -0.1) is 0 Å². The monoisotopic (exact) mass is 353 g/mol. The summed E-state index contributed by atoms with van der Waals surface area (Å²) in [6.07, 6.45) is 0. The second-order valence-electron chi connectivity index (χ2n) is 5.27. The first kappa shape index (κ1) is 17.7. The maximum absolute atomic E-state index is 12.4. The molecule has 0 bridgehead atoms. The third-order valence-electron chi connectivity index (χ3n) is 3.51. The minimum atomic E-state index is -3.69. The van der Waals surface area contributed by atoms with E-state index in [-0.39, 0.29) is 22.1 Å². The smallest absolute Gasteiger partial charge is 0.224 e. The number of aryl methyl sites for hydroxylation is 1. The summed E-state index contributed by atoms with van der Waals surface area (Å²) in [6.45, 7) is 1.76. The van der Waals surface area contributed by atoms with Crippen molar-refractivity contribution in [1.29, 1.82) is 0 Å². The van der Waals surface area contributed by atoms with E-state index in [0.29, 0.717) is 0 Å². The predicted octanol–water partition coefficient (Wildman–Crippen LogP) is 2.09. The molecule has 0 aliphatic heterocycles. The molecule has 0 spiro atoms. The molecule has 0 amide bonds. The lowest BCUT2D eigenvalue weighted by Gasteiger charge is -2.17. The van der Waals surface area contributed by atoms with E-state index in [1.807, 2.05) is 6.92 Å². The summed E-state index contributed by atoms with van der Waals surface area (Å²) in [5.41, 5.74) is 0.957. The molecule has 0 N–H and O–H groups in total. The van der Waals surface area contributed by atoms with Crippen molar-refractivity contribution >= 4 is 19.9 Å². The van der Waals surface area contributed by atoms with Gasteiger partial charge in [0.15, 0.2) is 9.84 Å². The van der Waals surface area contributed by atoms with Crippen molar-refractivity contribution in [2.24, 2.45) is 0 Å². The van der Waals surface area contributed by atoms with Crippen molar-refractivity contribution in [3.8, 4) is 0 Å². The Labute approximate surface area is 137 Å². The molecule has 5 nitrogen and oxygen atoms in total. The summed E-state index contributed by atoms with van der Waals surface area (Å²) in [6, 6.07) is 14.5. The first-order valence-electron chi connectivity index (χ1n) is 7.04. The molecule has 0 heterocycles.